The number of alkyl carbamates (subject to hydrolysis) is 1. The van der Waals surface area contributed by atoms with Crippen molar-refractivity contribution >= 4 is 12.1 Å². The van der Waals surface area contributed by atoms with Gasteiger partial charge in [-0.05, 0) is 20.8 Å². The fourth-order valence-corrected chi connectivity index (χ4v) is 1.25. The van der Waals surface area contributed by atoms with E-state index in [9.17, 15) is 14.7 Å². The first-order valence-electron chi connectivity index (χ1n) is 5.46. The number of nitrogens with one attached hydrogen (secondary N) is 2. The van der Waals surface area contributed by atoms with Gasteiger partial charge in [-0.15, -0.1) is 0 Å². The van der Waals surface area contributed by atoms with Crippen LogP contribution in [0.25, 0.3) is 0 Å². The Bertz CT molecular complexity index is 408. The molecule has 0 bridgehead atoms. The summed E-state index contributed by atoms with van der Waals surface area (Å²) in [5.74, 6) is -1.39. The standard InChI is InChI=1S/C11H16N3O4/c1-11(2,3)18-10(17)14-8(9(15)16)4-7-5-12-6-13-7/h5-6,8H,4H2,1-3H3,(H,12,13)(H,14,17). The molecule has 0 spiro atoms. The van der Waals surface area contributed by atoms with Crippen molar-refractivity contribution in [3.63, 3.8) is 0 Å². The molecule has 0 fully saturated rings. The summed E-state index contributed by atoms with van der Waals surface area (Å²) in [6.07, 6.45) is 2.21. The van der Waals surface area contributed by atoms with Gasteiger partial charge >= 0.3 is 12.1 Å². The summed E-state index contributed by atoms with van der Waals surface area (Å²) < 4.78 is 4.97. The van der Waals surface area contributed by atoms with Crippen LogP contribution in [0.2, 0.25) is 0 Å². The van der Waals surface area contributed by atoms with Gasteiger partial charge in [0.25, 0.3) is 0 Å². The Hall–Kier alpha value is -2.05. The van der Waals surface area contributed by atoms with Crippen LogP contribution in [-0.2, 0) is 21.1 Å². The lowest BCUT2D eigenvalue weighted by Gasteiger charge is -2.21. The first-order valence-corrected chi connectivity index (χ1v) is 5.46. The molecule has 7 heteroatoms. The molecule has 1 heterocycles. The zero-order valence-corrected chi connectivity index (χ0v) is 10.5. The van der Waals surface area contributed by atoms with Crippen molar-refractivity contribution in [3.05, 3.63) is 18.2 Å². The summed E-state index contributed by atoms with van der Waals surface area (Å²) in [6.45, 7) is 5.07. The zero-order chi connectivity index (χ0) is 13.8. The minimum atomic E-state index is -1.39. The van der Waals surface area contributed by atoms with E-state index in [1.165, 1.54) is 6.33 Å². The molecule has 0 saturated carbocycles. The van der Waals surface area contributed by atoms with Crippen LogP contribution in [0, 0.1) is 0 Å². The molecule has 0 aliphatic rings. The largest absolute Gasteiger partial charge is 0.444 e. The van der Waals surface area contributed by atoms with E-state index in [0.717, 1.165) is 0 Å². The Kier molecular flexibility index (Phi) is 4.30. The van der Waals surface area contributed by atoms with Crippen molar-refractivity contribution < 1.29 is 19.4 Å². The Morgan fingerprint density at radius 1 is 1.50 bits per heavy atom. The van der Waals surface area contributed by atoms with Crippen LogP contribution < -0.4 is 5.32 Å². The average Bonchev–Trinajstić information content (AvgIpc) is 2.66. The van der Waals surface area contributed by atoms with Gasteiger partial charge in [0.15, 0.2) is 0 Å². The number of carbonyl (C=O) groups excluding carboxylic acids is 2. The van der Waals surface area contributed by atoms with E-state index >= 15 is 0 Å². The molecule has 1 rings (SSSR count). The summed E-state index contributed by atoms with van der Waals surface area (Å²) in [6, 6.07) is -1.18. The second-order valence-electron chi connectivity index (χ2n) is 4.78. The van der Waals surface area contributed by atoms with Gasteiger partial charge in [-0.1, -0.05) is 0 Å². The van der Waals surface area contributed by atoms with Gasteiger partial charge < -0.3 is 15.0 Å². The summed E-state index contributed by atoms with van der Waals surface area (Å²) in [7, 11) is 0. The van der Waals surface area contributed by atoms with Crippen LogP contribution in [0.4, 0.5) is 4.79 Å². The predicted octanol–water partition coefficient (Wildman–Crippen LogP) is 0.803. The molecule has 7 nitrogen and oxygen atoms in total. The van der Waals surface area contributed by atoms with Gasteiger partial charge in [-0.3, -0.25) is 0 Å². The van der Waals surface area contributed by atoms with Crippen LogP contribution in [-0.4, -0.2) is 33.7 Å². The number of hydrogen-bond acceptors (Lipinski definition) is 4. The Balaban J connectivity index is 2.58. The molecule has 1 atom stereocenters. The number of ether oxygens (including phenoxy) is 1. The van der Waals surface area contributed by atoms with Crippen molar-refractivity contribution in [2.24, 2.45) is 0 Å². The lowest BCUT2D eigenvalue weighted by molar-refractivity contribution is -0.145. The molecule has 1 aromatic rings. The average molecular weight is 254 g/mol. The van der Waals surface area contributed by atoms with E-state index in [2.05, 4.69) is 15.3 Å². The van der Waals surface area contributed by atoms with Gasteiger partial charge in [0, 0.05) is 12.6 Å². The molecule has 1 radical (unpaired) electrons. The molecule has 1 aromatic heterocycles. The first kappa shape index (κ1) is 14.0. The smallest absolute Gasteiger partial charge is 0.408 e. The van der Waals surface area contributed by atoms with E-state index in [1.807, 2.05) is 0 Å². The van der Waals surface area contributed by atoms with E-state index in [4.69, 9.17) is 4.74 Å². The van der Waals surface area contributed by atoms with Gasteiger partial charge in [0.2, 0.25) is 0 Å². The van der Waals surface area contributed by atoms with Crippen molar-refractivity contribution in [1.82, 2.24) is 15.3 Å². The molecule has 0 aromatic carbocycles. The van der Waals surface area contributed by atoms with Crippen molar-refractivity contribution in [1.29, 1.82) is 0 Å². The molecule has 1 unspecified atom stereocenters. The van der Waals surface area contributed by atoms with Gasteiger partial charge in [0.1, 0.15) is 11.6 Å². The maximum absolute atomic E-state index is 11.4. The SMILES string of the molecule is CC(C)(C)OC(=O)NC(Cc1c[nH]cn1)C([O])=O. The van der Waals surface area contributed by atoms with Crippen LogP contribution in [0.5, 0.6) is 0 Å². The molecule has 2 N–H and O–H groups in total. The van der Waals surface area contributed by atoms with E-state index in [-0.39, 0.29) is 6.42 Å². The number of rotatable bonds is 4. The van der Waals surface area contributed by atoms with Crippen LogP contribution >= 0.6 is 0 Å². The number of nitrogens with zero attached hydrogens (tertiary/aromatic N) is 1. The third kappa shape index (κ3) is 4.86. The fourth-order valence-electron chi connectivity index (χ4n) is 1.25. The Morgan fingerprint density at radius 3 is 2.61 bits per heavy atom. The molecular weight excluding hydrogens is 238 g/mol. The summed E-state index contributed by atoms with van der Waals surface area (Å²) >= 11 is 0. The summed E-state index contributed by atoms with van der Waals surface area (Å²) in [5.41, 5.74) is -0.173. The third-order valence-electron chi connectivity index (χ3n) is 1.94. The highest BCUT2D eigenvalue weighted by Crippen LogP contribution is 2.07. The third-order valence-corrected chi connectivity index (χ3v) is 1.94. The molecule has 0 aliphatic carbocycles. The van der Waals surface area contributed by atoms with Crippen LogP contribution in [0.15, 0.2) is 12.5 Å². The number of imidazole rings is 1. The summed E-state index contributed by atoms with van der Waals surface area (Å²) in [4.78, 5) is 28.9. The predicted molar refractivity (Wildman–Crippen MR) is 61.1 cm³/mol. The molecular formula is C11H16N3O4. The lowest BCUT2D eigenvalue weighted by Crippen LogP contribution is -2.44. The van der Waals surface area contributed by atoms with Gasteiger partial charge in [0.05, 0.1) is 12.0 Å². The maximum Gasteiger partial charge on any atom is 0.408 e. The number of amides is 1. The maximum atomic E-state index is 11.4. The van der Waals surface area contributed by atoms with E-state index in [0.29, 0.717) is 5.69 Å². The topological polar surface area (TPSA) is 104 Å². The second-order valence-corrected chi connectivity index (χ2v) is 4.78. The highest BCUT2D eigenvalue weighted by Gasteiger charge is 2.25. The molecule has 99 valence electrons. The molecule has 0 aliphatic heterocycles. The van der Waals surface area contributed by atoms with Crippen LogP contribution in [0.3, 0.4) is 0 Å². The Morgan fingerprint density at radius 2 is 2.17 bits per heavy atom. The highest BCUT2D eigenvalue weighted by atomic mass is 16.6. The fraction of sp³-hybridized carbons (Fsp3) is 0.545. The second kappa shape index (κ2) is 5.52. The minimum absolute atomic E-state index is 0.0328. The highest BCUT2D eigenvalue weighted by molar-refractivity contribution is 5.80. The van der Waals surface area contributed by atoms with Gasteiger partial charge in [-0.2, -0.15) is 0 Å². The normalized spacial score (nSPS) is 12.8. The van der Waals surface area contributed by atoms with Crippen molar-refractivity contribution in [3.8, 4) is 0 Å². The van der Waals surface area contributed by atoms with E-state index < -0.39 is 23.7 Å². The molecule has 0 saturated heterocycles. The summed E-state index contributed by atoms with van der Waals surface area (Å²) in [5, 5.41) is 13.1. The van der Waals surface area contributed by atoms with Crippen LogP contribution in [0.1, 0.15) is 26.5 Å². The number of aromatic amines is 1. The lowest BCUT2D eigenvalue weighted by atomic mass is 10.1. The zero-order valence-electron chi connectivity index (χ0n) is 10.5. The number of aromatic nitrogens is 2. The van der Waals surface area contributed by atoms with Crippen molar-refractivity contribution in [2.75, 3.05) is 0 Å². The van der Waals surface area contributed by atoms with Gasteiger partial charge in [-0.25, -0.2) is 19.7 Å². The Labute approximate surface area is 105 Å². The number of hydrogen-bond donors (Lipinski definition) is 2. The molecule has 1 amide bonds. The number of carbonyl (C=O) groups is 2. The minimum Gasteiger partial charge on any atom is -0.444 e. The monoisotopic (exact) mass is 254 g/mol. The number of H-pyrrole nitrogens is 1. The first-order chi connectivity index (χ1) is 8.28. The van der Waals surface area contributed by atoms with E-state index in [1.54, 1.807) is 27.0 Å². The van der Waals surface area contributed by atoms with Crippen molar-refractivity contribution in [2.45, 2.75) is 38.8 Å². The molecule has 18 heavy (non-hydrogen) atoms. The quantitative estimate of drug-likeness (QED) is 0.829.